The van der Waals surface area contributed by atoms with Gasteiger partial charge in [0.2, 0.25) is 0 Å². The second-order valence-corrected chi connectivity index (χ2v) is 7.75. The standard InChI is InChI=1S/C25H19F3N4O5/c1-36-21-10-5-15(12-22(21)37-2)24(33)31-20(11-14-3-7-17(8-4-14)32(34)35)23-29-18-9-6-16(25(26,27)28)13-19(18)30-23/h3-13H,1-2H3,(H,29,30)(H,31,33)/b20-11+. The summed E-state index contributed by atoms with van der Waals surface area (Å²) < 4.78 is 49.9. The molecule has 0 atom stereocenters. The van der Waals surface area contributed by atoms with E-state index < -0.39 is 22.6 Å². The van der Waals surface area contributed by atoms with E-state index in [4.69, 9.17) is 9.47 Å². The van der Waals surface area contributed by atoms with Gasteiger partial charge in [-0.25, -0.2) is 4.98 Å². The van der Waals surface area contributed by atoms with Crippen molar-refractivity contribution in [3.05, 3.63) is 93.3 Å². The molecule has 0 spiro atoms. The molecule has 4 rings (SSSR count). The highest BCUT2D eigenvalue weighted by Gasteiger charge is 2.31. The molecule has 12 heteroatoms. The minimum Gasteiger partial charge on any atom is -0.493 e. The molecule has 0 bridgehead atoms. The predicted molar refractivity (Wildman–Crippen MR) is 129 cm³/mol. The monoisotopic (exact) mass is 512 g/mol. The van der Waals surface area contributed by atoms with Crippen molar-refractivity contribution in [2.24, 2.45) is 0 Å². The van der Waals surface area contributed by atoms with Crippen LogP contribution in [0.25, 0.3) is 22.8 Å². The smallest absolute Gasteiger partial charge is 0.416 e. The number of halogens is 3. The molecule has 37 heavy (non-hydrogen) atoms. The summed E-state index contributed by atoms with van der Waals surface area (Å²) in [5, 5.41) is 13.7. The molecule has 9 nitrogen and oxygen atoms in total. The Morgan fingerprint density at radius 1 is 1.03 bits per heavy atom. The van der Waals surface area contributed by atoms with Crippen molar-refractivity contribution in [2.75, 3.05) is 14.2 Å². The van der Waals surface area contributed by atoms with E-state index in [0.29, 0.717) is 17.1 Å². The van der Waals surface area contributed by atoms with Gasteiger partial charge in [0.05, 0.1) is 41.4 Å². The molecule has 4 aromatic rings. The van der Waals surface area contributed by atoms with E-state index in [2.05, 4.69) is 15.3 Å². The van der Waals surface area contributed by atoms with Gasteiger partial charge in [0.15, 0.2) is 17.3 Å². The Labute approximate surface area is 207 Å². The first-order valence-corrected chi connectivity index (χ1v) is 10.7. The number of ether oxygens (including phenoxy) is 2. The van der Waals surface area contributed by atoms with Gasteiger partial charge in [0, 0.05) is 17.7 Å². The maximum Gasteiger partial charge on any atom is 0.416 e. The van der Waals surface area contributed by atoms with Crippen LogP contribution in [0.3, 0.4) is 0 Å². The summed E-state index contributed by atoms with van der Waals surface area (Å²) in [7, 11) is 2.87. The predicted octanol–water partition coefficient (Wildman–Crippen LogP) is 5.44. The molecule has 190 valence electrons. The summed E-state index contributed by atoms with van der Waals surface area (Å²) in [6.45, 7) is 0. The number of H-pyrrole nitrogens is 1. The molecule has 0 fully saturated rings. The highest BCUT2D eigenvalue weighted by molar-refractivity contribution is 6.02. The van der Waals surface area contributed by atoms with Crippen LogP contribution < -0.4 is 14.8 Å². The quantitative estimate of drug-likeness (QED) is 0.252. The Morgan fingerprint density at radius 2 is 1.73 bits per heavy atom. The number of aromatic amines is 1. The van der Waals surface area contributed by atoms with E-state index in [-0.39, 0.29) is 33.8 Å². The first-order chi connectivity index (χ1) is 17.6. The molecule has 1 aromatic heterocycles. The number of alkyl halides is 3. The van der Waals surface area contributed by atoms with Crippen molar-refractivity contribution < 1.29 is 32.4 Å². The molecule has 3 aromatic carbocycles. The van der Waals surface area contributed by atoms with Crippen LogP contribution in [0, 0.1) is 10.1 Å². The molecule has 0 radical (unpaired) electrons. The first kappa shape index (κ1) is 25.2. The molecule has 2 N–H and O–H groups in total. The van der Waals surface area contributed by atoms with Crippen LogP contribution in [0.15, 0.2) is 60.7 Å². The summed E-state index contributed by atoms with van der Waals surface area (Å²) in [6.07, 6.45) is -3.05. The van der Waals surface area contributed by atoms with Gasteiger partial charge in [-0.05, 0) is 60.2 Å². The van der Waals surface area contributed by atoms with Gasteiger partial charge in [-0.1, -0.05) is 0 Å². The average Bonchev–Trinajstić information content (AvgIpc) is 3.31. The van der Waals surface area contributed by atoms with E-state index in [1.807, 2.05) is 0 Å². The summed E-state index contributed by atoms with van der Waals surface area (Å²) in [6, 6.07) is 13.1. The number of hydrogen-bond acceptors (Lipinski definition) is 6. The number of nitro benzene ring substituents is 1. The van der Waals surface area contributed by atoms with E-state index in [1.165, 1.54) is 62.8 Å². The van der Waals surface area contributed by atoms with E-state index >= 15 is 0 Å². The largest absolute Gasteiger partial charge is 0.493 e. The number of fused-ring (bicyclic) bond motifs is 1. The number of rotatable bonds is 7. The minimum atomic E-state index is -4.54. The number of imidazole rings is 1. The Morgan fingerprint density at radius 3 is 2.35 bits per heavy atom. The average molecular weight is 512 g/mol. The second kappa shape index (κ2) is 10.0. The molecule has 1 heterocycles. The molecule has 0 saturated heterocycles. The van der Waals surface area contributed by atoms with Gasteiger partial charge in [0.1, 0.15) is 0 Å². The number of carbonyl (C=O) groups is 1. The lowest BCUT2D eigenvalue weighted by Gasteiger charge is -2.11. The zero-order valence-electron chi connectivity index (χ0n) is 19.4. The van der Waals surface area contributed by atoms with Crippen LogP contribution in [0.1, 0.15) is 27.3 Å². The maximum atomic E-state index is 13.2. The minimum absolute atomic E-state index is 0.0847. The normalized spacial score (nSPS) is 11.9. The van der Waals surface area contributed by atoms with E-state index in [1.54, 1.807) is 6.07 Å². The number of non-ortho nitro benzene ring substituents is 1. The number of nitrogens with zero attached hydrogens (tertiary/aromatic N) is 2. The second-order valence-electron chi connectivity index (χ2n) is 7.75. The van der Waals surface area contributed by atoms with Gasteiger partial charge in [-0.2, -0.15) is 13.2 Å². The van der Waals surface area contributed by atoms with Crippen molar-refractivity contribution in [2.45, 2.75) is 6.18 Å². The molecule has 0 unspecified atom stereocenters. The molecule has 0 aliphatic carbocycles. The number of aromatic nitrogens is 2. The van der Waals surface area contributed by atoms with E-state index in [0.717, 1.165) is 12.1 Å². The Kier molecular flexibility index (Phi) is 6.83. The van der Waals surface area contributed by atoms with Gasteiger partial charge < -0.3 is 19.8 Å². The Hall–Kier alpha value is -4.87. The lowest BCUT2D eigenvalue weighted by Crippen LogP contribution is -2.22. The summed E-state index contributed by atoms with van der Waals surface area (Å²) in [4.78, 5) is 30.7. The van der Waals surface area contributed by atoms with E-state index in [9.17, 15) is 28.1 Å². The molecular formula is C25H19F3N4O5. The number of hydrogen-bond donors (Lipinski definition) is 2. The number of nitro groups is 1. The Bertz CT molecular complexity index is 1510. The zero-order valence-corrected chi connectivity index (χ0v) is 19.4. The van der Waals surface area contributed by atoms with Crippen molar-refractivity contribution in [1.82, 2.24) is 15.3 Å². The number of benzene rings is 3. The molecular weight excluding hydrogens is 493 g/mol. The lowest BCUT2D eigenvalue weighted by molar-refractivity contribution is -0.384. The van der Waals surface area contributed by atoms with Crippen molar-refractivity contribution in [3.63, 3.8) is 0 Å². The van der Waals surface area contributed by atoms with Crippen LogP contribution in [0.2, 0.25) is 0 Å². The van der Waals surface area contributed by atoms with Crippen LogP contribution in [-0.2, 0) is 6.18 Å². The van der Waals surface area contributed by atoms with Crippen LogP contribution >= 0.6 is 0 Å². The van der Waals surface area contributed by atoms with Crippen LogP contribution in [0.4, 0.5) is 18.9 Å². The highest BCUT2D eigenvalue weighted by atomic mass is 19.4. The molecule has 0 aliphatic heterocycles. The fourth-order valence-electron chi connectivity index (χ4n) is 3.51. The SMILES string of the molecule is COc1ccc(C(=O)N/C(=C/c2ccc([N+](=O)[O-])cc2)c2nc3ccc(C(F)(F)F)cc3[nH]2)cc1OC. The summed E-state index contributed by atoms with van der Waals surface area (Å²) in [5.41, 5.74) is 0.186. The van der Waals surface area contributed by atoms with Crippen molar-refractivity contribution >= 4 is 34.4 Å². The lowest BCUT2D eigenvalue weighted by atomic mass is 10.1. The fourth-order valence-corrected chi connectivity index (χ4v) is 3.51. The Balaban J connectivity index is 1.76. The molecule has 0 aliphatic rings. The van der Waals surface area contributed by atoms with Gasteiger partial charge in [0.25, 0.3) is 11.6 Å². The number of methoxy groups -OCH3 is 2. The first-order valence-electron chi connectivity index (χ1n) is 10.7. The van der Waals surface area contributed by atoms with Gasteiger partial charge >= 0.3 is 6.18 Å². The number of nitrogens with one attached hydrogen (secondary N) is 2. The topological polar surface area (TPSA) is 119 Å². The third kappa shape index (κ3) is 5.53. The van der Waals surface area contributed by atoms with Crippen molar-refractivity contribution in [1.29, 1.82) is 0 Å². The number of amides is 1. The molecule has 0 saturated carbocycles. The van der Waals surface area contributed by atoms with Crippen molar-refractivity contribution in [3.8, 4) is 11.5 Å². The third-order valence-electron chi connectivity index (χ3n) is 5.37. The van der Waals surface area contributed by atoms with Gasteiger partial charge in [-0.3, -0.25) is 14.9 Å². The van der Waals surface area contributed by atoms with Crippen LogP contribution in [-0.4, -0.2) is 35.0 Å². The van der Waals surface area contributed by atoms with Crippen LogP contribution in [0.5, 0.6) is 11.5 Å². The summed E-state index contributed by atoms with van der Waals surface area (Å²) in [5.74, 6) is 0.255. The zero-order chi connectivity index (χ0) is 26.7. The maximum absolute atomic E-state index is 13.2. The number of carbonyl (C=O) groups excluding carboxylic acids is 1. The third-order valence-corrected chi connectivity index (χ3v) is 5.37. The highest BCUT2D eigenvalue weighted by Crippen LogP contribution is 2.32. The fraction of sp³-hybridized carbons (Fsp3) is 0.120. The van der Waals surface area contributed by atoms with Gasteiger partial charge in [-0.15, -0.1) is 0 Å². The summed E-state index contributed by atoms with van der Waals surface area (Å²) >= 11 is 0. The molecule has 1 amide bonds.